The van der Waals surface area contributed by atoms with E-state index in [9.17, 15) is 5.11 Å². The maximum absolute atomic E-state index is 9.70. The topological polar surface area (TPSA) is 20.2 Å². The highest BCUT2D eigenvalue weighted by Crippen LogP contribution is 2.32. The average molecular weight is 218 g/mol. The van der Waals surface area contributed by atoms with Gasteiger partial charge < -0.3 is 5.11 Å². The van der Waals surface area contributed by atoms with Crippen molar-refractivity contribution >= 4 is 11.3 Å². The monoisotopic (exact) mass is 218 g/mol. The smallest absolute Gasteiger partial charge is 0.0879 e. The van der Waals surface area contributed by atoms with E-state index < -0.39 is 0 Å². The van der Waals surface area contributed by atoms with Crippen molar-refractivity contribution < 1.29 is 5.11 Å². The number of rotatable bonds is 3. The van der Waals surface area contributed by atoms with E-state index in [0.717, 1.165) is 11.3 Å². The van der Waals surface area contributed by atoms with Gasteiger partial charge >= 0.3 is 0 Å². The molecule has 2 aromatic rings. The first-order valence-electron chi connectivity index (χ1n) is 5.14. The summed E-state index contributed by atoms with van der Waals surface area (Å²) in [6, 6.07) is 14.4. The molecular weight excluding hydrogens is 204 g/mol. The Kier molecular flexibility index (Phi) is 3.19. The first-order valence-corrected chi connectivity index (χ1v) is 5.96. The summed E-state index contributed by atoms with van der Waals surface area (Å²) in [6.45, 7) is 1.99. The molecule has 2 rings (SSSR count). The molecule has 0 bridgehead atoms. The Morgan fingerprint density at radius 1 is 1.13 bits per heavy atom. The molecular formula is C13H14OS. The van der Waals surface area contributed by atoms with Crippen LogP contribution in [0.1, 0.15) is 24.3 Å². The van der Waals surface area contributed by atoms with Crippen molar-refractivity contribution in [2.24, 2.45) is 0 Å². The fourth-order valence-corrected chi connectivity index (χ4v) is 2.57. The summed E-state index contributed by atoms with van der Waals surface area (Å²) >= 11 is 1.67. The number of benzene rings is 1. The molecule has 1 N–H and O–H groups in total. The molecule has 0 spiro atoms. The number of thiophene rings is 1. The van der Waals surface area contributed by atoms with Gasteiger partial charge in [0.15, 0.2) is 0 Å². The first-order chi connectivity index (χ1) is 7.31. The normalized spacial score (nSPS) is 12.7. The van der Waals surface area contributed by atoms with E-state index in [4.69, 9.17) is 0 Å². The third-order valence-electron chi connectivity index (χ3n) is 2.40. The SMILES string of the molecule is CCC(O)c1ccc(-c2ccccc2)s1. The molecule has 0 amide bonds. The van der Waals surface area contributed by atoms with Crippen molar-refractivity contribution in [1.82, 2.24) is 0 Å². The van der Waals surface area contributed by atoms with E-state index in [1.807, 2.05) is 31.2 Å². The fourth-order valence-electron chi connectivity index (χ4n) is 1.49. The zero-order chi connectivity index (χ0) is 10.7. The molecule has 0 aliphatic rings. The summed E-state index contributed by atoms with van der Waals surface area (Å²) < 4.78 is 0. The second-order valence-electron chi connectivity index (χ2n) is 3.49. The van der Waals surface area contributed by atoms with Gasteiger partial charge in [-0.25, -0.2) is 0 Å². The van der Waals surface area contributed by atoms with Crippen LogP contribution < -0.4 is 0 Å². The van der Waals surface area contributed by atoms with E-state index in [-0.39, 0.29) is 6.10 Å². The maximum atomic E-state index is 9.70. The summed E-state index contributed by atoms with van der Waals surface area (Å²) in [4.78, 5) is 2.27. The van der Waals surface area contributed by atoms with Crippen molar-refractivity contribution in [2.75, 3.05) is 0 Å². The Hall–Kier alpha value is -1.12. The molecule has 0 aliphatic carbocycles. The number of hydrogen-bond donors (Lipinski definition) is 1. The van der Waals surface area contributed by atoms with E-state index in [1.54, 1.807) is 11.3 Å². The van der Waals surface area contributed by atoms with Crippen molar-refractivity contribution in [3.05, 3.63) is 47.3 Å². The third-order valence-corrected chi connectivity index (χ3v) is 3.64. The van der Waals surface area contributed by atoms with Gasteiger partial charge in [0.05, 0.1) is 6.10 Å². The Bertz CT molecular complexity index is 419. The van der Waals surface area contributed by atoms with Crippen LogP contribution in [0.15, 0.2) is 42.5 Å². The molecule has 0 radical (unpaired) electrons. The van der Waals surface area contributed by atoms with Gasteiger partial charge in [0, 0.05) is 9.75 Å². The molecule has 1 atom stereocenters. The van der Waals surface area contributed by atoms with E-state index in [0.29, 0.717) is 0 Å². The highest BCUT2D eigenvalue weighted by atomic mass is 32.1. The van der Waals surface area contributed by atoms with E-state index in [1.165, 1.54) is 10.4 Å². The summed E-state index contributed by atoms with van der Waals surface area (Å²) in [5.41, 5.74) is 1.22. The predicted molar refractivity (Wildman–Crippen MR) is 65.0 cm³/mol. The standard InChI is InChI=1S/C13H14OS/c1-2-11(14)13-9-8-12(15-13)10-6-4-3-5-7-10/h3-9,11,14H,2H2,1H3. The predicted octanol–water partition coefficient (Wildman–Crippen LogP) is 3.86. The van der Waals surface area contributed by atoms with Crippen molar-refractivity contribution in [1.29, 1.82) is 0 Å². The van der Waals surface area contributed by atoms with Gasteiger partial charge in [-0.1, -0.05) is 37.3 Å². The zero-order valence-corrected chi connectivity index (χ0v) is 9.50. The minimum atomic E-state index is -0.313. The Morgan fingerprint density at radius 2 is 1.87 bits per heavy atom. The van der Waals surface area contributed by atoms with Crippen LogP contribution in [-0.2, 0) is 0 Å². The summed E-state index contributed by atoms with van der Waals surface area (Å²) in [7, 11) is 0. The van der Waals surface area contributed by atoms with Gasteiger partial charge in [0.25, 0.3) is 0 Å². The lowest BCUT2D eigenvalue weighted by Crippen LogP contribution is -1.89. The second-order valence-corrected chi connectivity index (χ2v) is 4.61. The molecule has 0 fully saturated rings. The average Bonchev–Trinajstić information content (AvgIpc) is 2.78. The summed E-state index contributed by atoms with van der Waals surface area (Å²) in [6.07, 6.45) is 0.460. The first kappa shape index (κ1) is 10.4. The van der Waals surface area contributed by atoms with Gasteiger partial charge in [0.1, 0.15) is 0 Å². The van der Waals surface area contributed by atoms with Gasteiger partial charge in [-0.2, -0.15) is 0 Å². The molecule has 0 aliphatic heterocycles. The highest BCUT2D eigenvalue weighted by Gasteiger charge is 2.08. The second kappa shape index (κ2) is 4.60. The van der Waals surface area contributed by atoms with Crippen LogP contribution in [0.3, 0.4) is 0 Å². The Morgan fingerprint density at radius 3 is 2.53 bits per heavy atom. The van der Waals surface area contributed by atoms with Crippen LogP contribution in [0.25, 0.3) is 10.4 Å². The Balaban J connectivity index is 2.28. The molecule has 1 heterocycles. The molecule has 2 heteroatoms. The third kappa shape index (κ3) is 2.28. The summed E-state index contributed by atoms with van der Waals surface area (Å²) in [5.74, 6) is 0. The molecule has 15 heavy (non-hydrogen) atoms. The van der Waals surface area contributed by atoms with E-state index >= 15 is 0 Å². The van der Waals surface area contributed by atoms with Crippen molar-refractivity contribution in [3.63, 3.8) is 0 Å². The lowest BCUT2D eigenvalue weighted by molar-refractivity contribution is 0.177. The molecule has 1 aromatic heterocycles. The Labute approximate surface area is 94.0 Å². The van der Waals surface area contributed by atoms with Crippen molar-refractivity contribution in [3.8, 4) is 10.4 Å². The van der Waals surface area contributed by atoms with Gasteiger partial charge in [-0.3, -0.25) is 0 Å². The quantitative estimate of drug-likeness (QED) is 0.829. The zero-order valence-electron chi connectivity index (χ0n) is 8.68. The van der Waals surface area contributed by atoms with Gasteiger partial charge in [0.2, 0.25) is 0 Å². The molecule has 1 nitrogen and oxygen atoms in total. The molecule has 0 saturated heterocycles. The summed E-state index contributed by atoms with van der Waals surface area (Å²) in [5, 5.41) is 9.70. The van der Waals surface area contributed by atoms with E-state index in [2.05, 4.69) is 18.2 Å². The maximum Gasteiger partial charge on any atom is 0.0879 e. The highest BCUT2D eigenvalue weighted by molar-refractivity contribution is 7.15. The van der Waals surface area contributed by atoms with Gasteiger partial charge in [-0.15, -0.1) is 11.3 Å². The lowest BCUT2D eigenvalue weighted by atomic mass is 10.2. The minimum Gasteiger partial charge on any atom is -0.388 e. The largest absolute Gasteiger partial charge is 0.388 e. The van der Waals surface area contributed by atoms with Crippen LogP contribution in [0, 0.1) is 0 Å². The lowest BCUT2D eigenvalue weighted by Gasteiger charge is -2.02. The number of hydrogen-bond acceptors (Lipinski definition) is 2. The number of aliphatic hydroxyl groups is 1. The van der Waals surface area contributed by atoms with Crippen LogP contribution in [-0.4, -0.2) is 5.11 Å². The van der Waals surface area contributed by atoms with Crippen LogP contribution in [0.4, 0.5) is 0 Å². The minimum absolute atomic E-state index is 0.313. The van der Waals surface area contributed by atoms with Crippen molar-refractivity contribution in [2.45, 2.75) is 19.4 Å². The number of aliphatic hydroxyl groups excluding tert-OH is 1. The fraction of sp³-hybridized carbons (Fsp3) is 0.231. The van der Waals surface area contributed by atoms with Crippen LogP contribution >= 0.6 is 11.3 Å². The van der Waals surface area contributed by atoms with Crippen LogP contribution in [0.2, 0.25) is 0 Å². The molecule has 1 unspecified atom stereocenters. The molecule has 78 valence electrons. The van der Waals surface area contributed by atoms with Crippen LogP contribution in [0.5, 0.6) is 0 Å². The van der Waals surface area contributed by atoms with Gasteiger partial charge in [-0.05, 0) is 24.1 Å². The molecule has 0 saturated carbocycles. The molecule has 1 aromatic carbocycles.